The number of rotatable bonds is 8. The molecule has 0 aliphatic heterocycles. The van der Waals surface area contributed by atoms with Gasteiger partial charge in [-0.15, -0.1) is 0 Å². The first kappa shape index (κ1) is 24.3. The van der Waals surface area contributed by atoms with Crippen molar-refractivity contribution in [2.75, 3.05) is 0 Å². The molecule has 5 rings (SSSR count). The molecule has 0 saturated carbocycles. The van der Waals surface area contributed by atoms with E-state index in [4.69, 9.17) is 9.72 Å². The molecule has 186 valence electrons. The van der Waals surface area contributed by atoms with Crippen molar-refractivity contribution >= 4 is 16.9 Å². The molecule has 1 N–H and O–H groups in total. The molecular weight excluding hydrogens is 458 g/mol. The maximum atomic E-state index is 12.6. The number of carbonyl (C=O) groups excluding carboxylic acids is 1. The van der Waals surface area contributed by atoms with Crippen LogP contribution in [-0.2, 0) is 6.54 Å². The van der Waals surface area contributed by atoms with E-state index in [9.17, 15) is 4.79 Å². The minimum atomic E-state index is -0.286. The molecule has 5 aromatic rings. The van der Waals surface area contributed by atoms with Crippen molar-refractivity contribution in [2.45, 2.75) is 39.5 Å². The average Bonchev–Trinajstić information content (AvgIpc) is 3.27. The maximum Gasteiger partial charge on any atom is 0.251 e. The van der Waals surface area contributed by atoms with Crippen molar-refractivity contribution in [2.24, 2.45) is 0 Å². The second kappa shape index (κ2) is 10.7. The number of imidazole rings is 1. The third-order valence-corrected chi connectivity index (χ3v) is 6.28. The lowest BCUT2D eigenvalue weighted by Crippen LogP contribution is -2.29. The van der Waals surface area contributed by atoms with Gasteiger partial charge in [0.2, 0.25) is 0 Å². The van der Waals surface area contributed by atoms with Gasteiger partial charge in [0, 0.05) is 18.2 Å². The van der Waals surface area contributed by atoms with Crippen molar-refractivity contribution in [1.82, 2.24) is 14.9 Å². The lowest BCUT2D eigenvalue weighted by atomic mass is 10.0. The number of carbonyl (C=O) groups is 1. The van der Waals surface area contributed by atoms with E-state index in [1.165, 1.54) is 11.1 Å². The Kier molecular flexibility index (Phi) is 7.04. The molecule has 1 heterocycles. The van der Waals surface area contributed by atoms with Gasteiger partial charge in [0.15, 0.2) is 11.9 Å². The first-order valence-electron chi connectivity index (χ1n) is 12.6. The Morgan fingerprint density at radius 3 is 2.16 bits per heavy atom. The van der Waals surface area contributed by atoms with E-state index in [2.05, 4.69) is 58.4 Å². The van der Waals surface area contributed by atoms with Crippen LogP contribution in [0.25, 0.3) is 22.2 Å². The molecule has 1 aromatic heterocycles. The summed E-state index contributed by atoms with van der Waals surface area (Å²) in [7, 11) is 0. The largest absolute Gasteiger partial charge is 0.483 e. The number of hydrogen-bond donors (Lipinski definition) is 1. The van der Waals surface area contributed by atoms with Crippen molar-refractivity contribution in [3.63, 3.8) is 0 Å². The minimum absolute atomic E-state index is 0.0643. The van der Waals surface area contributed by atoms with Gasteiger partial charge in [0.25, 0.3) is 5.91 Å². The van der Waals surface area contributed by atoms with Crippen molar-refractivity contribution in [3.8, 4) is 16.9 Å². The summed E-state index contributed by atoms with van der Waals surface area (Å²) in [6.07, 6.45) is -0.286. The van der Waals surface area contributed by atoms with Gasteiger partial charge in [-0.3, -0.25) is 4.79 Å². The Bertz CT molecular complexity index is 1490. The van der Waals surface area contributed by atoms with Gasteiger partial charge in [-0.2, -0.15) is 0 Å². The number of aromatic nitrogens is 2. The van der Waals surface area contributed by atoms with Crippen LogP contribution in [0.15, 0.2) is 103 Å². The second-order valence-electron chi connectivity index (χ2n) is 9.52. The van der Waals surface area contributed by atoms with Crippen LogP contribution < -0.4 is 10.1 Å². The van der Waals surface area contributed by atoms with Gasteiger partial charge in [0.05, 0.1) is 11.0 Å². The van der Waals surface area contributed by atoms with Gasteiger partial charge in [0.1, 0.15) is 5.75 Å². The lowest BCUT2D eigenvalue weighted by molar-refractivity contribution is 0.0943. The zero-order valence-corrected chi connectivity index (χ0v) is 21.4. The molecule has 0 aliphatic carbocycles. The molecule has 0 fully saturated rings. The summed E-state index contributed by atoms with van der Waals surface area (Å²) in [5.74, 6) is 1.50. The van der Waals surface area contributed by atoms with Crippen LogP contribution in [-0.4, -0.2) is 21.5 Å². The standard InChI is InChI=1S/C32H31N3O2/c1-22(2)33-32(36)27-18-19-30-29(20-27)34-31(23(3)37-28-12-8-5-9-13-28)35(30)21-24-14-16-26(17-15-24)25-10-6-4-7-11-25/h4-20,22-23H,21H2,1-3H3,(H,33,36). The number of benzene rings is 4. The summed E-state index contributed by atoms with van der Waals surface area (Å²) in [5, 5.41) is 2.96. The summed E-state index contributed by atoms with van der Waals surface area (Å²) in [4.78, 5) is 17.6. The predicted molar refractivity (Wildman–Crippen MR) is 149 cm³/mol. The summed E-state index contributed by atoms with van der Waals surface area (Å²) in [5.41, 5.74) is 5.87. The number of fused-ring (bicyclic) bond motifs is 1. The topological polar surface area (TPSA) is 56.1 Å². The van der Waals surface area contributed by atoms with E-state index in [1.54, 1.807) is 0 Å². The first-order chi connectivity index (χ1) is 18.0. The predicted octanol–water partition coefficient (Wildman–Crippen LogP) is 7.03. The molecule has 5 heteroatoms. The molecule has 1 unspecified atom stereocenters. The molecule has 37 heavy (non-hydrogen) atoms. The molecule has 0 saturated heterocycles. The quantitative estimate of drug-likeness (QED) is 0.255. The van der Waals surface area contributed by atoms with E-state index in [0.717, 1.165) is 28.2 Å². The zero-order chi connectivity index (χ0) is 25.8. The Morgan fingerprint density at radius 1 is 0.838 bits per heavy atom. The summed E-state index contributed by atoms with van der Waals surface area (Å²) < 4.78 is 8.44. The molecule has 1 amide bonds. The highest BCUT2D eigenvalue weighted by Crippen LogP contribution is 2.28. The number of hydrogen-bond acceptors (Lipinski definition) is 3. The average molecular weight is 490 g/mol. The van der Waals surface area contributed by atoms with Gasteiger partial charge in [-0.05, 0) is 67.8 Å². The van der Waals surface area contributed by atoms with Gasteiger partial charge in [-0.25, -0.2) is 4.98 Å². The molecule has 0 bridgehead atoms. The van der Waals surface area contributed by atoms with Gasteiger partial charge in [-0.1, -0.05) is 72.8 Å². The fourth-order valence-corrected chi connectivity index (χ4v) is 4.48. The van der Waals surface area contributed by atoms with E-state index < -0.39 is 0 Å². The van der Waals surface area contributed by atoms with Crippen molar-refractivity contribution in [1.29, 1.82) is 0 Å². The molecule has 0 radical (unpaired) electrons. The maximum absolute atomic E-state index is 12.6. The van der Waals surface area contributed by atoms with Crippen LogP contribution in [0.4, 0.5) is 0 Å². The summed E-state index contributed by atoms with van der Waals surface area (Å²) in [6, 6.07) is 34.5. The van der Waals surface area contributed by atoms with Crippen LogP contribution in [0.2, 0.25) is 0 Å². The minimum Gasteiger partial charge on any atom is -0.483 e. The van der Waals surface area contributed by atoms with Crippen LogP contribution in [0.1, 0.15) is 48.6 Å². The van der Waals surface area contributed by atoms with Crippen molar-refractivity contribution in [3.05, 3.63) is 120 Å². The molecule has 0 spiro atoms. The van der Waals surface area contributed by atoms with Crippen LogP contribution >= 0.6 is 0 Å². The molecular formula is C32H31N3O2. The first-order valence-corrected chi connectivity index (χ1v) is 12.6. The third kappa shape index (κ3) is 5.56. The van der Waals surface area contributed by atoms with Crippen LogP contribution in [0.5, 0.6) is 5.75 Å². The highest BCUT2D eigenvalue weighted by molar-refractivity contribution is 5.97. The van der Waals surface area contributed by atoms with Gasteiger partial charge < -0.3 is 14.6 Å². The van der Waals surface area contributed by atoms with Gasteiger partial charge >= 0.3 is 0 Å². The number of para-hydroxylation sites is 1. The SMILES string of the molecule is CC(C)NC(=O)c1ccc2c(c1)nc(C(C)Oc1ccccc1)n2Cc1ccc(-c2ccccc2)cc1. The fraction of sp³-hybridized carbons (Fsp3) is 0.188. The normalized spacial score (nSPS) is 12.0. The Balaban J connectivity index is 1.50. The molecule has 1 atom stereocenters. The second-order valence-corrected chi connectivity index (χ2v) is 9.52. The fourth-order valence-electron chi connectivity index (χ4n) is 4.48. The number of amides is 1. The van der Waals surface area contributed by atoms with Crippen LogP contribution in [0, 0.1) is 0 Å². The van der Waals surface area contributed by atoms with E-state index >= 15 is 0 Å². The highest BCUT2D eigenvalue weighted by Gasteiger charge is 2.20. The van der Waals surface area contributed by atoms with E-state index in [1.807, 2.05) is 75.4 Å². The molecule has 5 nitrogen and oxygen atoms in total. The summed E-state index contributed by atoms with van der Waals surface area (Å²) >= 11 is 0. The molecule has 0 aliphatic rings. The Morgan fingerprint density at radius 2 is 1.49 bits per heavy atom. The smallest absolute Gasteiger partial charge is 0.251 e. The van der Waals surface area contributed by atoms with Crippen LogP contribution in [0.3, 0.4) is 0 Å². The number of nitrogens with zero attached hydrogens (tertiary/aromatic N) is 2. The van der Waals surface area contributed by atoms with E-state index in [0.29, 0.717) is 12.1 Å². The number of nitrogens with one attached hydrogen (secondary N) is 1. The Labute approximate surface area is 217 Å². The highest BCUT2D eigenvalue weighted by atomic mass is 16.5. The molecule has 4 aromatic carbocycles. The van der Waals surface area contributed by atoms with Crippen molar-refractivity contribution < 1.29 is 9.53 Å². The Hall–Kier alpha value is -4.38. The lowest BCUT2D eigenvalue weighted by Gasteiger charge is -2.17. The van der Waals surface area contributed by atoms with E-state index in [-0.39, 0.29) is 18.1 Å². The summed E-state index contributed by atoms with van der Waals surface area (Å²) in [6.45, 7) is 6.56. The monoisotopic (exact) mass is 489 g/mol. The number of ether oxygens (including phenoxy) is 1. The zero-order valence-electron chi connectivity index (χ0n) is 21.4. The third-order valence-electron chi connectivity index (χ3n) is 6.28.